The molecule has 0 aliphatic rings. The number of amides is 2. The highest BCUT2D eigenvalue weighted by Crippen LogP contribution is 2.26. The molecule has 0 saturated heterocycles. The number of rotatable bonds is 10. The molecule has 8 heteroatoms. The van der Waals surface area contributed by atoms with Crippen molar-refractivity contribution in [1.82, 2.24) is 10.2 Å². The second kappa shape index (κ2) is 13.1. The van der Waals surface area contributed by atoms with Gasteiger partial charge >= 0.3 is 0 Å². The molecule has 190 valence electrons. The Morgan fingerprint density at radius 1 is 0.917 bits per heavy atom. The number of hydrogen-bond acceptors (Lipinski definition) is 2. The summed E-state index contributed by atoms with van der Waals surface area (Å²) in [6, 6.07) is 17.8. The Morgan fingerprint density at radius 3 is 2.28 bits per heavy atom. The van der Waals surface area contributed by atoms with E-state index in [9.17, 15) is 14.0 Å². The van der Waals surface area contributed by atoms with Crippen LogP contribution in [0.5, 0.6) is 0 Å². The van der Waals surface area contributed by atoms with Crippen molar-refractivity contribution in [1.29, 1.82) is 0 Å². The molecule has 1 N–H and O–H groups in total. The van der Waals surface area contributed by atoms with Gasteiger partial charge in [0.15, 0.2) is 0 Å². The number of hydrogen-bond donors (Lipinski definition) is 1. The molecule has 0 bridgehead atoms. The van der Waals surface area contributed by atoms with Crippen LogP contribution in [0.15, 0.2) is 66.7 Å². The molecule has 3 aromatic carbocycles. The Balaban J connectivity index is 2.03. The Bertz CT molecular complexity index is 1190. The predicted octanol–water partition coefficient (Wildman–Crippen LogP) is 6.88. The maximum atomic E-state index is 14.6. The van der Waals surface area contributed by atoms with Crippen LogP contribution in [0.1, 0.15) is 37.0 Å². The number of carbonyl (C=O) groups excluding carboxylic acids is 2. The van der Waals surface area contributed by atoms with Gasteiger partial charge in [-0.15, -0.1) is 0 Å². The van der Waals surface area contributed by atoms with E-state index in [-0.39, 0.29) is 41.9 Å². The molecule has 0 heterocycles. The first-order chi connectivity index (χ1) is 17.2. The maximum absolute atomic E-state index is 14.6. The molecule has 0 aliphatic heterocycles. The lowest BCUT2D eigenvalue weighted by Gasteiger charge is -2.32. The average Bonchev–Trinajstić information content (AvgIpc) is 2.86. The lowest BCUT2D eigenvalue weighted by molar-refractivity contribution is -0.141. The van der Waals surface area contributed by atoms with Crippen LogP contribution in [0.3, 0.4) is 0 Å². The molecule has 0 aliphatic carbocycles. The third-order valence-electron chi connectivity index (χ3n) is 6.00. The molecular formula is C28H28Cl3FN2O2. The summed E-state index contributed by atoms with van der Waals surface area (Å²) in [5.74, 6) is -1.30. The van der Waals surface area contributed by atoms with Crippen LogP contribution in [0.2, 0.25) is 15.1 Å². The molecule has 3 rings (SSSR count). The van der Waals surface area contributed by atoms with Crippen molar-refractivity contribution in [2.24, 2.45) is 0 Å². The largest absolute Gasteiger partial charge is 0.352 e. The smallest absolute Gasteiger partial charge is 0.243 e. The van der Waals surface area contributed by atoms with Crippen molar-refractivity contribution < 1.29 is 14.0 Å². The van der Waals surface area contributed by atoms with Crippen LogP contribution in [0.25, 0.3) is 0 Å². The maximum Gasteiger partial charge on any atom is 0.243 e. The number of benzene rings is 3. The van der Waals surface area contributed by atoms with Crippen molar-refractivity contribution in [2.45, 2.75) is 51.7 Å². The van der Waals surface area contributed by atoms with Gasteiger partial charge in [-0.1, -0.05) is 84.2 Å². The molecule has 3 aromatic rings. The summed E-state index contributed by atoms with van der Waals surface area (Å²) in [6.07, 6.45) is 0.714. The normalized spacial score (nSPS) is 12.6. The Morgan fingerprint density at radius 2 is 1.64 bits per heavy atom. The first kappa shape index (κ1) is 28.0. The molecule has 0 fully saturated rings. The Labute approximate surface area is 226 Å². The van der Waals surface area contributed by atoms with Crippen LogP contribution >= 0.6 is 34.8 Å². The van der Waals surface area contributed by atoms with E-state index in [0.29, 0.717) is 15.6 Å². The Kier molecular flexibility index (Phi) is 10.2. The van der Waals surface area contributed by atoms with E-state index in [1.807, 2.05) is 44.2 Å². The highest BCUT2D eigenvalue weighted by Gasteiger charge is 2.31. The minimum atomic E-state index is -0.853. The molecule has 0 spiro atoms. The summed E-state index contributed by atoms with van der Waals surface area (Å²) >= 11 is 18.5. The third kappa shape index (κ3) is 7.45. The molecule has 0 radical (unpaired) electrons. The van der Waals surface area contributed by atoms with Gasteiger partial charge in [-0.25, -0.2) is 4.39 Å². The topological polar surface area (TPSA) is 49.4 Å². The number of nitrogens with one attached hydrogen (secondary N) is 1. The van der Waals surface area contributed by atoms with Gasteiger partial charge in [-0.3, -0.25) is 9.59 Å². The molecule has 0 saturated carbocycles. The van der Waals surface area contributed by atoms with Gasteiger partial charge in [0.05, 0.1) is 16.5 Å². The predicted molar refractivity (Wildman–Crippen MR) is 144 cm³/mol. The van der Waals surface area contributed by atoms with Crippen molar-refractivity contribution in [3.63, 3.8) is 0 Å². The lowest BCUT2D eigenvalue weighted by atomic mass is 10.0. The fraction of sp³-hybridized carbons (Fsp3) is 0.286. The van der Waals surface area contributed by atoms with Crippen molar-refractivity contribution in [2.75, 3.05) is 0 Å². The third-order valence-corrected chi connectivity index (χ3v) is 7.09. The van der Waals surface area contributed by atoms with Gasteiger partial charge in [0.25, 0.3) is 0 Å². The molecule has 2 amide bonds. The first-order valence-corrected chi connectivity index (χ1v) is 12.8. The standard InChI is InChI=1S/C28H28Cl3FN2O2/c1-3-18(2)33-28(36)26(15-19-8-5-4-6-9-19)34(17-20-12-13-23(30)24(31)14-20)27(35)16-21-22(29)10-7-11-25(21)32/h4-14,18,26H,3,15-17H2,1-2H3,(H,33,36)/t18-,26-/m1/s1. The fourth-order valence-corrected chi connectivity index (χ4v) is 4.33. The first-order valence-electron chi connectivity index (χ1n) is 11.7. The summed E-state index contributed by atoms with van der Waals surface area (Å²) in [5.41, 5.74) is 1.66. The number of carbonyl (C=O) groups is 2. The van der Waals surface area contributed by atoms with Gasteiger partial charge in [0.2, 0.25) is 11.8 Å². The highest BCUT2D eigenvalue weighted by molar-refractivity contribution is 6.42. The Hall–Kier alpha value is -2.60. The molecular weight excluding hydrogens is 522 g/mol. The quantitative estimate of drug-likeness (QED) is 0.300. The summed E-state index contributed by atoms with van der Waals surface area (Å²) in [7, 11) is 0. The molecule has 0 unspecified atom stereocenters. The second-order valence-electron chi connectivity index (χ2n) is 8.67. The monoisotopic (exact) mass is 548 g/mol. The molecule has 0 aromatic heterocycles. The zero-order valence-corrected chi connectivity index (χ0v) is 22.4. The van der Waals surface area contributed by atoms with Crippen LogP contribution in [-0.2, 0) is 29.0 Å². The van der Waals surface area contributed by atoms with Crippen LogP contribution in [-0.4, -0.2) is 28.8 Å². The minimum Gasteiger partial charge on any atom is -0.352 e. The van der Waals surface area contributed by atoms with Gasteiger partial charge in [-0.05, 0) is 48.7 Å². The highest BCUT2D eigenvalue weighted by atomic mass is 35.5. The zero-order chi connectivity index (χ0) is 26.2. The van der Waals surface area contributed by atoms with Crippen molar-refractivity contribution in [3.05, 3.63) is 104 Å². The van der Waals surface area contributed by atoms with Crippen molar-refractivity contribution in [3.8, 4) is 0 Å². The number of halogens is 4. The van der Waals surface area contributed by atoms with E-state index < -0.39 is 17.8 Å². The molecule has 36 heavy (non-hydrogen) atoms. The average molecular weight is 550 g/mol. The lowest BCUT2D eigenvalue weighted by Crippen LogP contribution is -2.52. The van der Waals surface area contributed by atoms with Crippen LogP contribution in [0, 0.1) is 5.82 Å². The zero-order valence-electron chi connectivity index (χ0n) is 20.1. The van der Waals surface area contributed by atoms with Gasteiger partial charge < -0.3 is 10.2 Å². The summed E-state index contributed by atoms with van der Waals surface area (Å²) in [6.45, 7) is 3.95. The van der Waals surface area contributed by atoms with E-state index in [0.717, 1.165) is 12.0 Å². The summed E-state index contributed by atoms with van der Waals surface area (Å²) in [4.78, 5) is 28.7. The van der Waals surface area contributed by atoms with Crippen LogP contribution < -0.4 is 5.32 Å². The number of nitrogens with zero attached hydrogens (tertiary/aromatic N) is 1. The minimum absolute atomic E-state index is 0.0766. The SMILES string of the molecule is CC[C@@H](C)NC(=O)[C@@H](Cc1ccccc1)N(Cc1ccc(Cl)c(Cl)c1)C(=O)Cc1c(F)cccc1Cl. The van der Waals surface area contributed by atoms with E-state index in [2.05, 4.69) is 5.32 Å². The van der Waals surface area contributed by atoms with E-state index in [1.54, 1.807) is 18.2 Å². The van der Waals surface area contributed by atoms with Crippen molar-refractivity contribution >= 4 is 46.6 Å². The van der Waals surface area contributed by atoms with Gasteiger partial charge in [0, 0.05) is 29.6 Å². The van der Waals surface area contributed by atoms with Crippen LogP contribution in [0.4, 0.5) is 4.39 Å². The van der Waals surface area contributed by atoms with E-state index in [4.69, 9.17) is 34.8 Å². The summed E-state index contributed by atoms with van der Waals surface area (Å²) < 4.78 is 14.6. The van der Waals surface area contributed by atoms with Gasteiger partial charge in [0.1, 0.15) is 11.9 Å². The summed E-state index contributed by atoms with van der Waals surface area (Å²) in [5, 5.41) is 3.87. The molecule has 2 atom stereocenters. The van der Waals surface area contributed by atoms with Gasteiger partial charge in [-0.2, -0.15) is 0 Å². The van der Waals surface area contributed by atoms with E-state index >= 15 is 0 Å². The second-order valence-corrected chi connectivity index (χ2v) is 9.89. The van der Waals surface area contributed by atoms with E-state index in [1.165, 1.54) is 23.1 Å². The molecule has 4 nitrogen and oxygen atoms in total. The fourth-order valence-electron chi connectivity index (χ4n) is 3.78.